The Balaban J connectivity index is 1.55. The van der Waals surface area contributed by atoms with Crippen LogP contribution in [0, 0.1) is 12.7 Å². The highest BCUT2D eigenvalue weighted by Crippen LogP contribution is 2.25. The summed E-state index contributed by atoms with van der Waals surface area (Å²) in [4.78, 5) is 41.8. The molecule has 0 saturated heterocycles. The minimum absolute atomic E-state index is 0.0359. The molecule has 0 aliphatic heterocycles. The fraction of sp³-hybridized carbons (Fsp3) is 0.200. The van der Waals surface area contributed by atoms with Gasteiger partial charge in [0.2, 0.25) is 11.8 Å². The Labute approximate surface area is 232 Å². The number of nitrogens with one attached hydrogen (secondary N) is 2. The molecule has 2 amide bonds. The summed E-state index contributed by atoms with van der Waals surface area (Å²) in [5.74, 6) is -2.49. The molecule has 0 fully saturated rings. The van der Waals surface area contributed by atoms with E-state index in [-0.39, 0.29) is 34.1 Å². The van der Waals surface area contributed by atoms with E-state index in [1.165, 1.54) is 54.7 Å². The van der Waals surface area contributed by atoms with Crippen LogP contribution in [-0.4, -0.2) is 65.9 Å². The van der Waals surface area contributed by atoms with Crippen LogP contribution in [0.15, 0.2) is 48.9 Å². The molecule has 4 rings (SSSR count). The summed E-state index contributed by atoms with van der Waals surface area (Å²) in [6, 6.07) is 6.40. The molecule has 0 saturated carbocycles. The fourth-order valence-corrected chi connectivity index (χ4v) is 3.80. The lowest BCUT2D eigenvalue weighted by atomic mass is 10.1. The van der Waals surface area contributed by atoms with E-state index >= 15 is 0 Å². The summed E-state index contributed by atoms with van der Waals surface area (Å²) < 4.78 is 22.4. The van der Waals surface area contributed by atoms with E-state index in [9.17, 15) is 18.8 Å². The maximum atomic E-state index is 14.9. The maximum absolute atomic E-state index is 14.9. The van der Waals surface area contributed by atoms with E-state index in [1.807, 2.05) is 6.92 Å². The highest BCUT2D eigenvalue weighted by molar-refractivity contribution is 6.31. The van der Waals surface area contributed by atoms with Gasteiger partial charge >= 0.3 is 5.97 Å². The van der Waals surface area contributed by atoms with Crippen LogP contribution in [0.3, 0.4) is 0 Å². The Morgan fingerprint density at radius 1 is 1.23 bits per heavy atom. The monoisotopic (exact) mass is 567 g/mol. The van der Waals surface area contributed by atoms with Crippen LogP contribution in [0.4, 0.5) is 10.2 Å². The zero-order chi connectivity index (χ0) is 28.8. The van der Waals surface area contributed by atoms with Gasteiger partial charge in [-0.15, -0.1) is 5.10 Å². The number of anilines is 1. The first-order valence-corrected chi connectivity index (χ1v) is 12.1. The van der Waals surface area contributed by atoms with Gasteiger partial charge in [0.25, 0.3) is 0 Å². The number of nitrogens with zero attached hydrogens (tertiary/aromatic N) is 7. The van der Waals surface area contributed by atoms with E-state index in [2.05, 4.69) is 41.0 Å². The number of aromatic nitrogens is 7. The molecular formula is C25H23ClFN9O4. The molecule has 0 unspecified atom stereocenters. The second-order valence-electron chi connectivity index (χ2n) is 8.46. The molecule has 3 heterocycles. The molecule has 1 aromatic carbocycles. The van der Waals surface area contributed by atoms with Gasteiger partial charge in [-0.25, -0.2) is 14.2 Å². The third-order valence-electron chi connectivity index (χ3n) is 5.75. The SMILES string of the molecule is COC(=O)c1ccc(NC(=O)[C@H](Cc2cc(C)n(C)n2)NC(=O)C=Cc2c(-n3cnnn3)ccc(Cl)c2F)nc1. The van der Waals surface area contributed by atoms with Crippen LogP contribution in [0.1, 0.15) is 27.3 Å². The van der Waals surface area contributed by atoms with Crippen molar-refractivity contribution < 1.29 is 23.5 Å². The lowest BCUT2D eigenvalue weighted by Crippen LogP contribution is -2.45. The predicted molar refractivity (Wildman–Crippen MR) is 141 cm³/mol. The number of esters is 1. The third-order valence-corrected chi connectivity index (χ3v) is 6.05. The average molecular weight is 568 g/mol. The fourth-order valence-electron chi connectivity index (χ4n) is 3.64. The maximum Gasteiger partial charge on any atom is 0.339 e. The number of aryl methyl sites for hydroxylation is 2. The lowest BCUT2D eigenvalue weighted by Gasteiger charge is -2.17. The van der Waals surface area contributed by atoms with Crippen molar-refractivity contribution in [2.45, 2.75) is 19.4 Å². The van der Waals surface area contributed by atoms with Crippen LogP contribution < -0.4 is 10.6 Å². The summed E-state index contributed by atoms with van der Waals surface area (Å²) in [6.07, 6.45) is 4.84. The molecule has 206 valence electrons. The zero-order valence-electron chi connectivity index (χ0n) is 21.5. The Hall–Kier alpha value is -4.98. The highest BCUT2D eigenvalue weighted by Gasteiger charge is 2.23. The quantitative estimate of drug-likeness (QED) is 0.228. The van der Waals surface area contributed by atoms with Crippen LogP contribution in [0.25, 0.3) is 11.8 Å². The Kier molecular flexibility index (Phi) is 8.59. The summed E-state index contributed by atoms with van der Waals surface area (Å²) in [7, 11) is 3.00. The minimum Gasteiger partial charge on any atom is -0.465 e. The second-order valence-corrected chi connectivity index (χ2v) is 8.87. The molecule has 40 heavy (non-hydrogen) atoms. The molecule has 2 N–H and O–H groups in total. The standard InChI is InChI=1S/C25H23ClFN9O4/c1-14-10-16(32-35(14)2)11-19(24(38)31-21-8-4-15(12-28-21)25(39)40-3)30-22(37)9-5-17-20(36-13-29-33-34-36)7-6-18(26)23(17)27/h4-10,12-13,19H,11H2,1-3H3,(H,30,37)(H,28,31,38)/t19-/m0/s1. The van der Waals surface area contributed by atoms with Crippen molar-refractivity contribution in [2.24, 2.45) is 7.05 Å². The van der Waals surface area contributed by atoms with Crippen molar-refractivity contribution in [3.05, 3.63) is 82.3 Å². The van der Waals surface area contributed by atoms with E-state index in [1.54, 1.807) is 17.8 Å². The minimum atomic E-state index is -1.09. The summed E-state index contributed by atoms with van der Waals surface area (Å²) in [5.41, 5.74) is 1.82. The normalized spacial score (nSPS) is 11.8. The molecular weight excluding hydrogens is 545 g/mol. The predicted octanol–water partition coefficient (Wildman–Crippen LogP) is 2.06. The van der Waals surface area contributed by atoms with Gasteiger partial charge in [-0.05, 0) is 53.8 Å². The van der Waals surface area contributed by atoms with Gasteiger partial charge in [-0.1, -0.05) is 11.6 Å². The molecule has 0 radical (unpaired) electrons. The highest BCUT2D eigenvalue weighted by atomic mass is 35.5. The second kappa shape index (κ2) is 12.3. The first kappa shape index (κ1) is 28.0. The Morgan fingerprint density at radius 2 is 2.02 bits per heavy atom. The van der Waals surface area contributed by atoms with Gasteiger partial charge in [0, 0.05) is 37.0 Å². The molecule has 15 heteroatoms. The van der Waals surface area contributed by atoms with Crippen LogP contribution in [0.5, 0.6) is 0 Å². The average Bonchev–Trinajstić information content (AvgIpc) is 3.58. The van der Waals surface area contributed by atoms with E-state index < -0.39 is 29.6 Å². The topological polar surface area (TPSA) is 159 Å². The van der Waals surface area contributed by atoms with Crippen LogP contribution in [-0.2, 0) is 27.8 Å². The number of methoxy groups -OCH3 is 1. The Morgan fingerprint density at radius 3 is 2.65 bits per heavy atom. The van der Waals surface area contributed by atoms with Gasteiger partial charge in [0.05, 0.1) is 29.1 Å². The number of hydrogen-bond acceptors (Lipinski definition) is 9. The van der Waals surface area contributed by atoms with Crippen molar-refractivity contribution in [1.29, 1.82) is 0 Å². The van der Waals surface area contributed by atoms with Gasteiger partial charge in [0.15, 0.2) is 5.82 Å². The van der Waals surface area contributed by atoms with E-state index in [4.69, 9.17) is 11.6 Å². The number of carbonyl (C=O) groups is 3. The summed E-state index contributed by atoms with van der Waals surface area (Å²) in [5, 5.41) is 20.3. The van der Waals surface area contributed by atoms with Gasteiger partial charge < -0.3 is 15.4 Å². The lowest BCUT2D eigenvalue weighted by molar-refractivity contribution is -0.123. The van der Waals surface area contributed by atoms with E-state index in [0.717, 1.165) is 11.8 Å². The van der Waals surface area contributed by atoms with Crippen LogP contribution in [0.2, 0.25) is 5.02 Å². The molecule has 0 spiro atoms. The number of ether oxygens (including phenoxy) is 1. The van der Waals surface area contributed by atoms with Gasteiger partial charge in [0.1, 0.15) is 18.2 Å². The van der Waals surface area contributed by atoms with Crippen molar-refractivity contribution in [3.8, 4) is 5.69 Å². The van der Waals surface area contributed by atoms with Crippen molar-refractivity contribution in [3.63, 3.8) is 0 Å². The number of hydrogen-bond donors (Lipinski definition) is 2. The van der Waals surface area contributed by atoms with Crippen molar-refractivity contribution in [1.82, 2.24) is 40.3 Å². The molecule has 13 nitrogen and oxygen atoms in total. The largest absolute Gasteiger partial charge is 0.465 e. The molecule has 1 atom stereocenters. The number of amides is 2. The number of rotatable bonds is 9. The molecule has 0 bridgehead atoms. The summed E-state index contributed by atoms with van der Waals surface area (Å²) in [6.45, 7) is 1.85. The van der Waals surface area contributed by atoms with Crippen molar-refractivity contribution in [2.75, 3.05) is 12.4 Å². The van der Waals surface area contributed by atoms with Crippen LogP contribution >= 0.6 is 11.6 Å². The van der Waals surface area contributed by atoms with Gasteiger partial charge in [-0.2, -0.15) is 9.78 Å². The Bertz CT molecular complexity index is 1550. The number of halogens is 2. The number of tetrazole rings is 1. The number of benzene rings is 1. The first-order valence-electron chi connectivity index (χ1n) is 11.7. The molecule has 0 aliphatic rings. The number of pyridine rings is 1. The first-order chi connectivity index (χ1) is 19.2. The number of carbonyl (C=O) groups excluding carboxylic acids is 3. The molecule has 4 aromatic rings. The molecule has 0 aliphatic carbocycles. The molecule has 3 aromatic heterocycles. The smallest absolute Gasteiger partial charge is 0.339 e. The third kappa shape index (κ3) is 6.53. The van der Waals surface area contributed by atoms with E-state index in [0.29, 0.717) is 5.69 Å². The van der Waals surface area contributed by atoms with Crippen molar-refractivity contribution >= 4 is 41.3 Å². The van der Waals surface area contributed by atoms with Gasteiger partial charge in [-0.3, -0.25) is 14.3 Å². The summed E-state index contributed by atoms with van der Waals surface area (Å²) >= 11 is 5.94. The zero-order valence-corrected chi connectivity index (χ0v) is 22.3.